The van der Waals surface area contributed by atoms with E-state index < -0.39 is 5.97 Å². The van der Waals surface area contributed by atoms with E-state index in [1.165, 1.54) is 7.11 Å². The van der Waals surface area contributed by atoms with Crippen LogP contribution in [0.4, 0.5) is 5.69 Å². The van der Waals surface area contributed by atoms with Crippen molar-refractivity contribution in [2.45, 2.75) is 26.3 Å². The van der Waals surface area contributed by atoms with Gasteiger partial charge in [-0.3, -0.25) is 4.79 Å². The number of nitrogens with two attached hydrogens (primary N) is 1. The first-order valence-electron chi connectivity index (χ1n) is 6.79. The van der Waals surface area contributed by atoms with E-state index in [4.69, 9.17) is 10.5 Å². The van der Waals surface area contributed by atoms with Gasteiger partial charge in [-0.2, -0.15) is 0 Å². The summed E-state index contributed by atoms with van der Waals surface area (Å²) < 4.78 is 4.77. The van der Waals surface area contributed by atoms with Crippen molar-refractivity contribution in [3.8, 4) is 0 Å². The monoisotopic (exact) mass is 276 g/mol. The third-order valence-electron chi connectivity index (χ3n) is 3.73. The molecule has 1 aliphatic rings. The van der Waals surface area contributed by atoms with Gasteiger partial charge in [0.05, 0.1) is 12.7 Å². The summed E-state index contributed by atoms with van der Waals surface area (Å²) in [4.78, 5) is 25.8. The molecule has 108 valence electrons. The van der Waals surface area contributed by atoms with Gasteiger partial charge >= 0.3 is 5.97 Å². The van der Waals surface area contributed by atoms with Gasteiger partial charge in [-0.25, -0.2) is 4.79 Å². The predicted octanol–water partition coefficient (Wildman–Crippen LogP) is 1.81. The van der Waals surface area contributed by atoms with Crippen molar-refractivity contribution in [1.29, 1.82) is 0 Å². The maximum absolute atomic E-state index is 12.1. The van der Waals surface area contributed by atoms with Gasteiger partial charge in [0.25, 0.3) is 0 Å². The first kappa shape index (κ1) is 14.4. The summed E-state index contributed by atoms with van der Waals surface area (Å²) in [5, 5.41) is 0. The number of hydrogen-bond acceptors (Lipinski definition) is 4. The van der Waals surface area contributed by atoms with Crippen LogP contribution in [0, 0.1) is 5.92 Å². The van der Waals surface area contributed by atoms with Gasteiger partial charge in [-0.05, 0) is 24.5 Å². The number of methoxy groups -OCH3 is 1. The van der Waals surface area contributed by atoms with Crippen LogP contribution in [0.3, 0.4) is 0 Å². The summed E-state index contributed by atoms with van der Waals surface area (Å²) in [6, 6.07) is 5.26. The molecule has 0 bridgehead atoms. The Labute approximate surface area is 118 Å². The van der Waals surface area contributed by atoms with Crippen LogP contribution >= 0.6 is 0 Å². The maximum atomic E-state index is 12.1. The zero-order chi connectivity index (χ0) is 14.7. The molecule has 0 aromatic heterocycles. The van der Waals surface area contributed by atoms with E-state index >= 15 is 0 Å². The van der Waals surface area contributed by atoms with Gasteiger partial charge in [0, 0.05) is 24.7 Å². The number of piperidine rings is 1. The molecule has 1 saturated heterocycles. The molecule has 5 heteroatoms. The third kappa shape index (κ3) is 2.76. The van der Waals surface area contributed by atoms with Gasteiger partial charge in [0.2, 0.25) is 5.91 Å². The highest BCUT2D eigenvalue weighted by Crippen LogP contribution is 2.23. The van der Waals surface area contributed by atoms with Gasteiger partial charge in [0.1, 0.15) is 0 Å². The van der Waals surface area contributed by atoms with Gasteiger partial charge in [-0.15, -0.1) is 0 Å². The van der Waals surface area contributed by atoms with Crippen LogP contribution in [0.2, 0.25) is 0 Å². The van der Waals surface area contributed by atoms with E-state index in [0.29, 0.717) is 17.8 Å². The van der Waals surface area contributed by atoms with Crippen molar-refractivity contribution in [2.75, 3.05) is 19.4 Å². The van der Waals surface area contributed by atoms with Gasteiger partial charge in [0.15, 0.2) is 0 Å². The number of amides is 1. The Kier molecular flexibility index (Phi) is 4.27. The van der Waals surface area contributed by atoms with E-state index in [1.807, 2.05) is 13.0 Å². The number of anilines is 1. The minimum absolute atomic E-state index is 0.0476. The van der Waals surface area contributed by atoms with E-state index in [2.05, 4.69) is 0 Å². The highest BCUT2D eigenvalue weighted by molar-refractivity contribution is 5.96. The average Bonchev–Trinajstić information content (AvgIpc) is 2.43. The lowest BCUT2D eigenvalue weighted by Gasteiger charge is -2.31. The molecule has 0 spiro atoms. The highest BCUT2D eigenvalue weighted by atomic mass is 16.5. The van der Waals surface area contributed by atoms with Crippen molar-refractivity contribution >= 4 is 17.6 Å². The zero-order valence-electron chi connectivity index (χ0n) is 11.9. The second kappa shape index (κ2) is 5.94. The number of carbonyl (C=O) groups excluding carboxylic acids is 2. The fraction of sp³-hybridized carbons (Fsp3) is 0.467. The summed E-state index contributed by atoms with van der Waals surface area (Å²) in [7, 11) is 1.33. The van der Waals surface area contributed by atoms with E-state index in [0.717, 1.165) is 24.9 Å². The average molecular weight is 276 g/mol. The van der Waals surface area contributed by atoms with Crippen LogP contribution in [-0.4, -0.2) is 30.4 Å². The van der Waals surface area contributed by atoms with Crippen LogP contribution in [0.1, 0.15) is 35.7 Å². The molecule has 1 unspecified atom stereocenters. The van der Waals surface area contributed by atoms with Crippen molar-refractivity contribution in [3.63, 3.8) is 0 Å². The van der Waals surface area contributed by atoms with E-state index in [9.17, 15) is 9.59 Å². The summed E-state index contributed by atoms with van der Waals surface area (Å²) >= 11 is 0. The van der Waals surface area contributed by atoms with Crippen LogP contribution in [0.5, 0.6) is 0 Å². The smallest absolute Gasteiger partial charge is 0.340 e. The number of carbonyl (C=O) groups is 2. The normalized spacial score (nSPS) is 19.0. The minimum atomic E-state index is -0.462. The predicted molar refractivity (Wildman–Crippen MR) is 76.0 cm³/mol. The van der Waals surface area contributed by atoms with Crippen molar-refractivity contribution in [3.05, 3.63) is 29.3 Å². The molecule has 1 heterocycles. The number of likely N-dealkylation sites (tertiary alicyclic amines) is 1. The molecule has 0 saturated carbocycles. The van der Waals surface area contributed by atoms with Crippen molar-refractivity contribution in [2.24, 2.45) is 5.92 Å². The second-order valence-electron chi connectivity index (χ2n) is 5.18. The van der Waals surface area contributed by atoms with Gasteiger partial charge < -0.3 is 15.4 Å². The van der Waals surface area contributed by atoms with Crippen LogP contribution in [0.25, 0.3) is 0 Å². The number of esters is 1. The van der Waals surface area contributed by atoms with Crippen LogP contribution < -0.4 is 5.73 Å². The maximum Gasteiger partial charge on any atom is 0.340 e. The molecule has 20 heavy (non-hydrogen) atoms. The standard InChI is InChI=1S/C15H20N2O3/c1-10-5-4-8-17(14(10)18)9-11-6-3-7-12(16)13(11)15(19)20-2/h3,6-7,10H,4-5,8-9,16H2,1-2H3. The molecular formula is C15H20N2O3. The Morgan fingerprint density at radius 3 is 2.95 bits per heavy atom. The molecule has 2 N–H and O–H groups in total. The molecule has 2 rings (SSSR count). The molecule has 1 aromatic carbocycles. The topological polar surface area (TPSA) is 72.6 Å². The lowest BCUT2D eigenvalue weighted by atomic mass is 9.97. The lowest BCUT2D eigenvalue weighted by Crippen LogP contribution is -2.39. The first-order valence-corrected chi connectivity index (χ1v) is 6.79. The Morgan fingerprint density at radius 1 is 1.50 bits per heavy atom. The van der Waals surface area contributed by atoms with E-state index in [1.54, 1.807) is 17.0 Å². The molecule has 1 atom stereocenters. The largest absolute Gasteiger partial charge is 0.465 e. The summed E-state index contributed by atoms with van der Waals surface area (Å²) in [5.41, 5.74) is 7.34. The second-order valence-corrected chi connectivity index (χ2v) is 5.18. The molecule has 5 nitrogen and oxygen atoms in total. The Balaban J connectivity index is 2.27. The fourth-order valence-corrected chi connectivity index (χ4v) is 2.60. The van der Waals surface area contributed by atoms with Crippen molar-refractivity contribution < 1.29 is 14.3 Å². The Morgan fingerprint density at radius 2 is 2.25 bits per heavy atom. The molecule has 0 aliphatic carbocycles. The Bertz CT molecular complexity index is 528. The number of hydrogen-bond donors (Lipinski definition) is 1. The summed E-state index contributed by atoms with van der Waals surface area (Å²) in [6.07, 6.45) is 1.92. The third-order valence-corrected chi connectivity index (χ3v) is 3.73. The molecule has 1 amide bonds. The number of ether oxygens (including phenoxy) is 1. The minimum Gasteiger partial charge on any atom is -0.465 e. The summed E-state index contributed by atoms with van der Waals surface area (Å²) in [5.74, 6) is -0.281. The fourth-order valence-electron chi connectivity index (χ4n) is 2.60. The number of nitrogen functional groups attached to an aromatic ring is 1. The molecule has 0 radical (unpaired) electrons. The van der Waals surface area contributed by atoms with Crippen LogP contribution in [-0.2, 0) is 16.1 Å². The number of rotatable bonds is 3. The highest BCUT2D eigenvalue weighted by Gasteiger charge is 2.26. The number of nitrogens with zero attached hydrogens (tertiary/aromatic N) is 1. The first-order chi connectivity index (χ1) is 9.54. The lowest BCUT2D eigenvalue weighted by molar-refractivity contribution is -0.138. The number of benzene rings is 1. The molecule has 1 fully saturated rings. The van der Waals surface area contributed by atoms with Gasteiger partial charge in [-0.1, -0.05) is 19.1 Å². The van der Waals surface area contributed by atoms with E-state index in [-0.39, 0.29) is 11.8 Å². The molecular weight excluding hydrogens is 256 g/mol. The Hall–Kier alpha value is -2.04. The summed E-state index contributed by atoms with van der Waals surface area (Å²) in [6.45, 7) is 3.06. The van der Waals surface area contributed by atoms with Crippen molar-refractivity contribution in [1.82, 2.24) is 4.90 Å². The van der Waals surface area contributed by atoms with Crippen LogP contribution in [0.15, 0.2) is 18.2 Å². The SMILES string of the molecule is COC(=O)c1c(N)cccc1CN1CCCC(C)C1=O. The molecule has 1 aliphatic heterocycles. The molecule has 1 aromatic rings. The quantitative estimate of drug-likeness (QED) is 0.675. The zero-order valence-corrected chi connectivity index (χ0v) is 11.9.